The second-order valence-electron chi connectivity index (χ2n) is 6.88. The van der Waals surface area contributed by atoms with Crippen LogP contribution in [0.2, 0.25) is 0 Å². The highest BCUT2D eigenvalue weighted by atomic mass is 16.2. The third-order valence-electron chi connectivity index (χ3n) is 4.73. The summed E-state index contributed by atoms with van der Waals surface area (Å²) in [4.78, 5) is 37.0. The predicted molar refractivity (Wildman–Crippen MR) is 116 cm³/mol. The van der Waals surface area contributed by atoms with Gasteiger partial charge >= 0.3 is 0 Å². The van der Waals surface area contributed by atoms with E-state index >= 15 is 0 Å². The van der Waals surface area contributed by atoms with Gasteiger partial charge in [0.2, 0.25) is 11.8 Å². The minimum atomic E-state index is -0.993. The van der Waals surface area contributed by atoms with Gasteiger partial charge in [-0.05, 0) is 23.3 Å². The number of nitrogens with one attached hydrogen (secondary N) is 2. The molecule has 3 amide bonds. The lowest BCUT2D eigenvalue weighted by atomic mass is 9.84. The Kier molecular flexibility index (Phi) is 6.60. The number of primary amides is 1. The molecule has 0 unspecified atom stereocenters. The fourth-order valence-corrected chi connectivity index (χ4v) is 3.42. The first-order valence-electron chi connectivity index (χ1n) is 9.54. The number of carbonyl (C=O) groups excluding carboxylic acids is 3. The number of nitrogens with two attached hydrogens (primary N) is 1. The molecule has 0 aliphatic carbocycles. The molecule has 0 aromatic heterocycles. The zero-order valence-electron chi connectivity index (χ0n) is 16.5. The molecule has 0 bridgehead atoms. The Morgan fingerprint density at radius 2 is 1.27 bits per heavy atom. The van der Waals surface area contributed by atoms with Gasteiger partial charge in [0.05, 0.1) is 11.3 Å². The molecular formula is C24H23N3O3. The maximum Gasteiger partial charge on any atom is 0.254 e. The van der Waals surface area contributed by atoms with Crippen LogP contribution in [0.5, 0.6) is 0 Å². The lowest BCUT2D eigenvalue weighted by Gasteiger charge is -2.27. The molecule has 0 spiro atoms. The van der Waals surface area contributed by atoms with Crippen molar-refractivity contribution in [1.29, 1.82) is 0 Å². The maximum atomic E-state index is 13.1. The number of amides is 3. The van der Waals surface area contributed by atoms with Gasteiger partial charge < -0.3 is 16.4 Å². The zero-order valence-corrected chi connectivity index (χ0v) is 16.5. The molecule has 6 heteroatoms. The number of carbonyl (C=O) groups is 3. The van der Waals surface area contributed by atoms with E-state index in [0.717, 1.165) is 11.1 Å². The third-order valence-corrected chi connectivity index (χ3v) is 4.73. The molecule has 0 heterocycles. The monoisotopic (exact) mass is 401 g/mol. The molecule has 30 heavy (non-hydrogen) atoms. The normalized spacial score (nSPS) is 11.5. The molecule has 4 N–H and O–H groups in total. The smallest absolute Gasteiger partial charge is 0.254 e. The quantitative estimate of drug-likeness (QED) is 0.567. The van der Waals surface area contributed by atoms with Gasteiger partial charge in [0.1, 0.15) is 6.04 Å². The van der Waals surface area contributed by atoms with Gasteiger partial charge in [-0.1, -0.05) is 72.8 Å². The van der Waals surface area contributed by atoms with Crippen LogP contribution >= 0.6 is 0 Å². The minimum Gasteiger partial charge on any atom is -0.368 e. The Labute approximate surface area is 175 Å². The second-order valence-corrected chi connectivity index (χ2v) is 6.88. The Hall–Kier alpha value is -3.93. The summed E-state index contributed by atoms with van der Waals surface area (Å²) in [7, 11) is 0. The maximum absolute atomic E-state index is 13.1. The summed E-state index contributed by atoms with van der Waals surface area (Å²) >= 11 is 0. The van der Waals surface area contributed by atoms with E-state index in [-0.39, 0.29) is 11.5 Å². The van der Waals surface area contributed by atoms with Crippen LogP contribution in [-0.2, 0) is 9.59 Å². The summed E-state index contributed by atoms with van der Waals surface area (Å²) in [5, 5.41) is 5.41. The van der Waals surface area contributed by atoms with E-state index in [9.17, 15) is 14.4 Å². The Bertz CT molecular complexity index is 996. The molecule has 0 saturated heterocycles. The predicted octanol–water partition coefficient (Wildman–Crippen LogP) is 3.06. The average molecular weight is 401 g/mol. The van der Waals surface area contributed by atoms with E-state index in [2.05, 4.69) is 10.6 Å². The van der Waals surface area contributed by atoms with Crippen LogP contribution in [0.3, 0.4) is 0 Å². The molecule has 3 aromatic rings. The van der Waals surface area contributed by atoms with Crippen molar-refractivity contribution < 1.29 is 14.4 Å². The Balaban J connectivity index is 1.99. The van der Waals surface area contributed by atoms with Gasteiger partial charge in [-0.25, -0.2) is 0 Å². The molecule has 3 rings (SSSR count). The third kappa shape index (κ3) is 4.91. The number of hydrogen-bond acceptors (Lipinski definition) is 3. The van der Waals surface area contributed by atoms with E-state index in [1.807, 2.05) is 60.7 Å². The van der Waals surface area contributed by atoms with Crippen molar-refractivity contribution in [2.24, 2.45) is 5.73 Å². The van der Waals surface area contributed by atoms with Gasteiger partial charge in [0.15, 0.2) is 0 Å². The van der Waals surface area contributed by atoms with Crippen molar-refractivity contribution in [2.75, 3.05) is 5.32 Å². The van der Waals surface area contributed by atoms with Crippen LogP contribution in [-0.4, -0.2) is 23.8 Å². The Morgan fingerprint density at radius 1 is 0.767 bits per heavy atom. The summed E-state index contributed by atoms with van der Waals surface area (Å²) in [5.41, 5.74) is 8.05. The van der Waals surface area contributed by atoms with E-state index in [0.29, 0.717) is 5.69 Å². The molecule has 0 saturated carbocycles. The first-order valence-corrected chi connectivity index (χ1v) is 9.54. The average Bonchev–Trinajstić information content (AvgIpc) is 2.74. The zero-order chi connectivity index (χ0) is 21.5. The van der Waals surface area contributed by atoms with Crippen molar-refractivity contribution in [3.8, 4) is 0 Å². The van der Waals surface area contributed by atoms with Crippen molar-refractivity contribution >= 4 is 23.4 Å². The summed E-state index contributed by atoms with van der Waals surface area (Å²) in [6.07, 6.45) is 0. The van der Waals surface area contributed by atoms with Crippen molar-refractivity contribution in [3.63, 3.8) is 0 Å². The summed E-state index contributed by atoms with van der Waals surface area (Å²) in [6.45, 7) is 1.36. The molecule has 0 aliphatic rings. The number of anilines is 1. The first-order chi connectivity index (χ1) is 14.5. The largest absolute Gasteiger partial charge is 0.368 e. The topological polar surface area (TPSA) is 101 Å². The van der Waals surface area contributed by atoms with E-state index in [1.165, 1.54) is 6.92 Å². The molecule has 3 aromatic carbocycles. The lowest BCUT2D eigenvalue weighted by molar-refractivity contribution is -0.120. The standard InChI is InChI=1S/C24H23N3O3/c1-16(28)26-20-15-9-8-14-19(20)24(30)27-22(23(25)29)21(17-10-4-2-5-11-17)18-12-6-3-7-13-18/h2-15,21-22H,1H3,(H2,25,29)(H,26,28)(H,27,30)/t22-/m1/s1. The van der Waals surface area contributed by atoms with Gasteiger partial charge in [0, 0.05) is 12.8 Å². The molecule has 0 aliphatic heterocycles. The summed E-state index contributed by atoms with van der Waals surface area (Å²) in [6, 6.07) is 24.4. The number of rotatable bonds is 7. The fraction of sp³-hybridized carbons (Fsp3) is 0.125. The molecule has 0 fully saturated rings. The van der Waals surface area contributed by atoms with Crippen LogP contribution in [0, 0.1) is 0 Å². The van der Waals surface area contributed by atoms with E-state index in [4.69, 9.17) is 5.73 Å². The number of benzene rings is 3. The second kappa shape index (κ2) is 9.52. The molecule has 6 nitrogen and oxygen atoms in total. The van der Waals surface area contributed by atoms with Crippen LogP contribution < -0.4 is 16.4 Å². The highest BCUT2D eigenvalue weighted by molar-refractivity contribution is 6.04. The van der Waals surface area contributed by atoms with Gasteiger partial charge in [0.25, 0.3) is 5.91 Å². The summed E-state index contributed by atoms with van der Waals surface area (Å²) < 4.78 is 0. The minimum absolute atomic E-state index is 0.249. The molecular weight excluding hydrogens is 378 g/mol. The first kappa shape index (κ1) is 20.8. The van der Waals surface area contributed by atoms with Crippen molar-refractivity contribution in [1.82, 2.24) is 5.32 Å². The van der Waals surface area contributed by atoms with Crippen LogP contribution in [0.25, 0.3) is 0 Å². The molecule has 0 radical (unpaired) electrons. The molecule has 1 atom stereocenters. The molecule has 152 valence electrons. The fourth-order valence-electron chi connectivity index (χ4n) is 3.42. The SMILES string of the molecule is CC(=O)Nc1ccccc1C(=O)N[C@@H](C(N)=O)C(c1ccccc1)c1ccccc1. The van der Waals surface area contributed by atoms with Crippen molar-refractivity contribution in [2.45, 2.75) is 18.9 Å². The van der Waals surface area contributed by atoms with Crippen LogP contribution in [0.1, 0.15) is 34.3 Å². The highest BCUT2D eigenvalue weighted by Crippen LogP contribution is 2.28. The van der Waals surface area contributed by atoms with E-state index in [1.54, 1.807) is 24.3 Å². The van der Waals surface area contributed by atoms with Crippen molar-refractivity contribution in [3.05, 3.63) is 102 Å². The highest BCUT2D eigenvalue weighted by Gasteiger charge is 2.31. The van der Waals surface area contributed by atoms with Crippen LogP contribution in [0.15, 0.2) is 84.9 Å². The lowest BCUT2D eigenvalue weighted by Crippen LogP contribution is -2.48. The van der Waals surface area contributed by atoms with Crippen LogP contribution in [0.4, 0.5) is 5.69 Å². The van der Waals surface area contributed by atoms with Gasteiger partial charge in [-0.3, -0.25) is 14.4 Å². The van der Waals surface area contributed by atoms with E-state index < -0.39 is 23.8 Å². The number of hydrogen-bond donors (Lipinski definition) is 3. The Morgan fingerprint density at radius 3 is 1.77 bits per heavy atom. The van der Waals surface area contributed by atoms with Gasteiger partial charge in [-0.15, -0.1) is 0 Å². The number of para-hydroxylation sites is 1. The summed E-state index contributed by atoms with van der Waals surface area (Å²) in [5.74, 6) is -1.92. The van der Waals surface area contributed by atoms with Gasteiger partial charge in [-0.2, -0.15) is 0 Å².